The molecule has 0 fully saturated rings. The summed E-state index contributed by atoms with van der Waals surface area (Å²) in [4.78, 5) is 13.5. The van der Waals surface area contributed by atoms with Crippen LogP contribution in [0.4, 0.5) is 0 Å². The number of pyridine rings is 1. The molecule has 2 N–H and O–H groups in total. The predicted octanol–water partition coefficient (Wildman–Crippen LogP) is 3.48. The minimum Gasteiger partial charge on any atom is -0.376 e. The second-order valence-corrected chi connectivity index (χ2v) is 7.55. The third kappa shape index (κ3) is 7.22. The van der Waals surface area contributed by atoms with Gasteiger partial charge in [-0.3, -0.25) is 4.57 Å². The number of imidazole rings is 1. The first-order chi connectivity index (χ1) is 15.2. The van der Waals surface area contributed by atoms with Gasteiger partial charge in [0.1, 0.15) is 11.6 Å². The molecule has 1 atom stereocenters. The Labute approximate surface area is 184 Å². The van der Waals surface area contributed by atoms with Crippen LogP contribution < -0.4 is 10.6 Å². The molecular weight excluding hydrogens is 388 g/mol. The molecule has 3 aromatic rings. The van der Waals surface area contributed by atoms with Gasteiger partial charge in [-0.05, 0) is 37.0 Å². The molecular formula is C24H32N6O. The Bertz CT molecular complexity index is 936. The lowest BCUT2D eigenvalue weighted by atomic mass is 10.2. The standard InChI is InChI=1S/C24H32N6O/c1-4-25-24(28-14-19(2)17-31-18-21-8-6-5-7-9-21)29-16-22-10-11-23(27-15-22)30-13-12-26-20(30)3/h5-13,15,19H,4,14,16-18H2,1-3H3,(H2,25,28,29). The first-order valence-electron chi connectivity index (χ1n) is 10.7. The van der Waals surface area contributed by atoms with E-state index in [0.29, 0.717) is 25.7 Å². The maximum absolute atomic E-state index is 5.84. The Kier molecular flexibility index (Phi) is 8.60. The van der Waals surface area contributed by atoms with E-state index in [-0.39, 0.29) is 0 Å². The van der Waals surface area contributed by atoms with Gasteiger partial charge in [0.15, 0.2) is 5.96 Å². The van der Waals surface area contributed by atoms with Gasteiger partial charge in [-0.1, -0.05) is 43.3 Å². The molecule has 0 bridgehead atoms. The Morgan fingerprint density at radius 3 is 2.61 bits per heavy atom. The minimum absolute atomic E-state index is 0.368. The van der Waals surface area contributed by atoms with Gasteiger partial charge >= 0.3 is 0 Å². The summed E-state index contributed by atoms with van der Waals surface area (Å²) in [6, 6.07) is 14.3. The number of guanidine groups is 1. The smallest absolute Gasteiger partial charge is 0.191 e. The number of hydrogen-bond donors (Lipinski definition) is 2. The van der Waals surface area contributed by atoms with Gasteiger partial charge in [-0.15, -0.1) is 0 Å². The fourth-order valence-corrected chi connectivity index (χ4v) is 3.07. The lowest BCUT2D eigenvalue weighted by Crippen LogP contribution is -2.40. The van der Waals surface area contributed by atoms with Crippen molar-refractivity contribution in [2.45, 2.75) is 33.9 Å². The summed E-state index contributed by atoms with van der Waals surface area (Å²) in [5, 5.41) is 6.70. The predicted molar refractivity (Wildman–Crippen MR) is 124 cm³/mol. The molecule has 2 heterocycles. The zero-order valence-electron chi connectivity index (χ0n) is 18.6. The highest BCUT2D eigenvalue weighted by Gasteiger charge is 2.06. The number of benzene rings is 1. The SMILES string of the molecule is CCNC(=NCc1ccc(-n2ccnc2C)nc1)NCC(C)COCc1ccccc1. The Morgan fingerprint density at radius 1 is 1.10 bits per heavy atom. The van der Waals surface area contributed by atoms with E-state index >= 15 is 0 Å². The number of aromatic nitrogens is 3. The van der Waals surface area contributed by atoms with Crippen LogP contribution in [-0.4, -0.2) is 40.2 Å². The van der Waals surface area contributed by atoms with E-state index < -0.39 is 0 Å². The van der Waals surface area contributed by atoms with Crippen LogP contribution in [0, 0.1) is 12.8 Å². The average molecular weight is 421 g/mol. The largest absolute Gasteiger partial charge is 0.376 e. The molecule has 31 heavy (non-hydrogen) atoms. The van der Waals surface area contributed by atoms with E-state index in [1.54, 1.807) is 6.20 Å². The minimum atomic E-state index is 0.368. The molecule has 0 amide bonds. The first-order valence-corrected chi connectivity index (χ1v) is 10.7. The third-order valence-electron chi connectivity index (χ3n) is 4.78. The van der Waals surface area contributed by atoms with E-state index in [1.165, 1.54) is 5.56 Å². The number of aliphatic imine (C=N–C) groups is 1. The zero-order chi connectivity index (χ0) is 21.9. The number of ether oxygens (including phenoxy) is 1. The molecule has 0 spiro atoms. The highest BCUT2D eigenvalue weighted by molar-refractivity contribution is 5.79. The van der Waals surface area contributed by atoms with E-state index in [2.05, 4.69) is 57.6 Å². The van der Waals surface area contributed by atoms with Crippen LogP contribution in [0.5, 0.6) is 0 Å². The molecule has 1 unspecified atom stereocenters. The van der Waals surface area contributed by atoms with Crippen molar-refractivity contribution in [1.82, 2.24) is 25.2 Å². The van der Waals surface area contributed by atoms with Crippen LogP contribution >= 0.6 is 0 Å². The summed E-state index contributed by atoms with van der Waals surface area (Å²) in [7, 11) is 0. The quantitative estimate of drug-likeness (QED) is 0.388. The Hall–Kier alpha value is -3.19. The fourth-order valence-electron chi connectivity index (χ4n) is 3.07. The summed E-state index contributed by atoms with van der Waals surface area (Å²) in [6.07, 6.45) is 5.55. The fraction of sp³-hybridized carbons (Fsp3) is 0.375. The van der Waals surface area contributed by atoms with Crippen LogP contribution in [0.25, 0.3) is 5.82 Å². The topological polar surface area (TPSA) is 76.4 Å². The maximum Gasteiger partial charge on any atom is 0.191 e. The van der Waals surface area contributed by atoms with Crippen LogP contribution in [-0.2, 0) is 17.9 Å². The molecule has 0 saturated heterocycles. The summed E-state index contributed by atoms with van der Waals surface area (Å²) < 4.78 is 7.80. The highest BCUT2D eigenvalue weighted by Crippen LogP contribution is 2.09. The van der Waals surface area contributed by atoms with Crippen molar-refractivity contribution in [3.63, 3.8) is 0 Å². The van der Waals surface area contributed by atoms with Gasteiger partial charge in [-0.25, -0.2) is 15.0 Å². The molecule has 3 rings (SSSR count). The summed E-state index contributed by atoms with van der Waals surface area (Å²) in [5.41, 5.74) is 2.25. The van der Waals surface area contributed by atoms with Gasteiger partial charge in [0.2, 0.25) is 0 Å². The summed E-state index contributed by atoms with van der Waals surface area (Å²) >= 11 is 0. The van der Waals surface area contributed by atoms with Crippen molar-refractivity contribution in [2.24, 2.45) is 10.9 Å². The van der Waals surface area contributed by atoms with Crippen molar-refractivity contribution in [1.29, 1.82) is 0 Å². The number of rotatable bonds is 10. The lowest BCUT2D eigenvalue weighted by Gasteiger charge is -2.16. The van der Waals surface area contributed by atoms with Crippen LogP contribution in [0.1, 0.15) is 30.8 Å². The Balaban J connectivity index is 1.46. The van der Waals surface area contributed by atoms with Gasteiger partial charge in [0, 0.05) is 31.7 Å². The van der Waals surface area contributed by atoms with Crippen LogP contribution in [0.15, 0.2) is 66.0 Å². The van der Waals surface area contributed by atoms with Crippen molar-refractivity contribution in [3.8, 4) is 5.82 Å². The molecule has 7 heteroatoms. The van der Waals surface area contributed by atoms with E-state index in [1.807, 2.05) is 48.1 Å². The molecule has 0 saturated carbocycles. The van der Waals surface area contributed by atoms with Crippen molar-refractivity contribution in [2.75, 3.05) is 19.7 Å². The molecule has 0 radical (unpaired) electrons. The average Bonchev–Trinajstić information content (AvgIpc) is 3.22. The summed E-state index contributed by atoms with van der Waals surface area (Å²) in [5.74, 6) is 2.94. The van der Waals surface area contributed by atoms with Crippen LogP contribution in [0.2, 0.25) is 0 Å². The van der Waals surface area contributed by atoms with Crippen molar-refractivity contribution < 1.29 is 4.74 Å². The third-order valence-corrected chi connectivity index (χ3v) is 4.78. The molecule has 0 aliphatic rings. The summed E-state index contributed by atoms with van der Waals surface area (Å²) in [6.45, 7) is 9.68. The Morgan fingerprint density at radius 2 is 1.94 bits per heavy atom. The monoisotopic (exact) mass is 420 g/mol. The molecule has 2 aromatic heterocycles. The molecule has 1 aromatic carbocycles. The lowest BCUT2D eigenvalue weighted by molar-refractivity contribution is 0.0931. The molecule has 7 nitrogen and oxygen atoms in total. The van der Waals surface area contributed by atoms with Gasteiger partial charge in [-0.2, -0.15) is 0 Å². The van der Waals surface area contributed by atoms with E-state index in [4.69, 9.17) is 4.74 Å². The highest BCUT2D eigenvalue weighted by atomic mass is 16.5. The first kappa shape index (κ1) is 22.5. The van der Waals surface area contributed by atoms with Crippen LogP contribution in [0.3, 0.4) is 0 Å². The maximum atomic E-state index is 5.84. The van der Waals surface area contributed by atoms with E-state index in [0.717, 1.165) is 36.3 Å². The van der Waals surface area contributed by atoms with Crippen molar-refractivity contribution in [3.05, 3.63) is 78.0 Å². The molecule has 0 aliphatic heterocycles. The number of hydrogen-bond acceptors (Lipinski definition) is 4. The zero-order valence-corrected chi connectivity index (χ0v) is 18.6. The second kappa shape index (κ2) is 11.9. The van der Waals surface area contributed by atoms with E-state index in [9.17, 15) is 0 Å². The molecule has 164 valence electrons. The van der Waals surface area contributed by atoms with Crippen molar-refractivity contribution >= 4 is 5.96 Å². The van der Waals surface area contributed by atoms with Gasteiger partial charge in [0.05, 0.1) is 19.8 Å². The van der Waals surface area contributed by atoms with Gasteiger partial charge in [0.25, 0.3) is 0 Å². The normalized spacial score (nSPS) is 12.5. The van der Waals surface area contributed by atoms with Gasteiger partial charge < -0.3 is 15.4 Å². The second-order valence-electron chi connectivity index (χ2n) is 7.55. The number of nitrogens with one attached hydrogen (secondary N) is 2. The molecule has 0 aliphatic carbocycles. The number of aryl methyl sites for hydroxylation is 1. The number of nitrogens with zero attached hydrogens (tertiary/aromatic N) is 4.